The SMILES string of the molecule is CC(F)=[Si]. The number of hydrogen-bond acceptors (Lipinski definition) is 0. The van der Waals surface area contributed by atoms with Crippen molar-refractivity contribution in [2.75, 3.05) is 0 Å². The Kier molecular flexibility index (Phi) is 1.35. The summed E-state index contributed by atoms with van der Waals surface area (Å²) >= 11 is 0. The van der Waals surface area contributed by atoms with E-state index in [2.05, 4.69) is 9.85 Å². The Morgan fingerprint density at radius 2 is 2.00 bits per heavy atom. The first-order chi connectivity index (χ1) is 1.73. The summed E-state index contributed by atoms with van der Waals surface area (Å²) in [7, 11) is 2.56. The van der Waals surface area contributed by atoms with Gasteiger partial charge in [-0.3, -0.25) is 0 Å². The first kappa shape index (κ1) is 4.02. The summed E-state index contributed by atoms with van der Waals surface area (Å²) in [6.45, 7) is 1.33. The molecule has 0 spiro atoms. The molecule has 0 fully saturated rings. The highest BCUT2D eigenvalue weighted by Crippen LogP contribution is 1.56. The van der Waals surface area contributed by atoms with Crippen LogP contribution in [0.1, 0.15) is 6.92 Å². The van der Waals surface area contributed by atoms with E-state index in [0.29, 0.717) is 0 Å². The van der Waals surface area contributed by atoms with Crippen LogP contribution < -0.4 is 0 Å². The summed E-state index contributed by atoms with van der Waals surface area (Å²) in [5.41, 5.74) is -0.278. The highest BCUT2D eigenvalue weighted by Gasteiger charge is 1.58. The minimum Gasteiger partial charge on any atom is -0.218 e. The third-order valence-corrected chi connectivity index (χ3v) is 0. The molecule has 0 saturated heterocycles. The molecule has 0 aliphatic carbocycles. The Hall–Kier alpha value is 0.0169. The van der Waals surface area contributed by atoms with Gasteiger partial charge in [-0.2, -0.15) is 0 Å². The van der Waals surface area contributed by atoms with Gasteiger partial charge in [0.25, 0.3) is 0 Å². The van der Waals surface area contributed by atoms with Crippen LogP contribution in [0, 0.1) is 0 Å². The maximum Gasteiger partial charge on any atom is 0.0759 e. The van der Waals surface area contributed by atoms with Gasteiger partial charge in [0.2, 0.25) is 0 Å². The minimum atomic E-state index is -0.278. The van der Waals surface area contributed by atoms with Gasteiger partial charge in [-0.1, -0.05) is 0 Å². The topological polar surface area (TPSA) is 0 Å². The molecule has 0 rings (SSSR count). The van der Waals surface area contributed by atoms with Gasteiger partial charge in [-0.15, -0.1) is 0 Å². The Morgan fingerprint density at radius 1 is 2.00 bits per heavy atom. The first-order valence-electron chi connectivity index (χ1n) is 0.939. The molecule has 0 aromatic carbocycles. The molecule has 0 amide bonds. The van der Waals surface area contributed by atoms with E-state index in [9.17, 15) is 4.39 Å². The average Bonchev–Trinajstić information content (AvgIpc) is 0.811. The van der Waals surface area contributed by atoms with E-state index >= 15 is 0 Å². The van der Waals surface area contributed by atoms with Crippen LogP contribution in [0.3, 0.4) is 0 Å². The van der Waals surface area contributed by atoms with Gasteiger partial charge in [0.15, 0.2) is 0 Å². The van der Waals surface area contributed by atoms with E-state index in [1.54, 1.807) is 0 Å². The number of halogens is 1. The number of hydrogen-bond donors (Lipinski definition) is 0. The number of rotatable bonds is 0. The molecule has 0 nitrogen and oxygen atoms in total. The Balaban J connectivity index is 2.80. The zero-order valence-corrected chi connectivity index (χ0v) is 3.38. The summed E-state index contributed by atoms with van der Waals surface area (Å²) in [6, 6.07) is 0. The van der Waals surface area contributed by atoms with Gasteiger partial charge >= 0.3 is 0 Å². The van der Waals surface area contributed by atoms with Crippen LogP contribution in [-0.2, 0) is 0 Å². The molecule has 0 aliphatic rings. The van der Waals surface area contributed by atoms with Crippen molar-refractivity contribution in [3.63, 3.8) is 0 Å². The zero-order valence-electron chi connectivity index (χ0n) is 2.38. The van der Waals surface area contributed by atoms with Crippen molar-refractivity contribution in [3.8, 4) is 0 Å². The third kappa shape index (κ3) is 7320. The molecular weight excluding hydrogens is 71.1 g/mol. The van der Waals surface area contributed by atoms with Crippen molar-refractivity contribution in [1.29, 1.82) is 0 Å². The lowest BCUT2D eigenvalue weighted by Crippen LogP contribution is -1.68. The second-order valence-electron chi connectivity index (χ2n) is 0.533. The highest BCUT2D eigenvalue weighted by molar-refractivity contribution is 6.33. The standard InChI is InChI=1S/C2H3FSi/c1-2(3)4/h1H3. The van der Waals surface area contributed by atoms with Crippen LogP contribution in [0.5, 0.6) is 0 Å². The Morgan fingerprint density at radius 3 is 2.00 bits per heavy atom. The summed E-state index contributed by atoms with van der Waals surface area (Å²) in [5.74, 6) is 0. The van der Waals surface area contributed by atoms with E-state index in [4.69, 9.17) is 0 Å². The van der Waals surface area contributed by atoms with Gasteiger partial charge in [0, 0.05) is 0 Å². The van der Waals surface area contributed by atoms with Crippen molar-refractivity contribution in [3.05, 3.63) is 0 Å². The fraction of sp³-hybridized carbons (Fsp3) is 0.500. The maximum atomic E-state index is 10.8. The van der Waals surface area contributed by atoms with Crippen molar-refractivity contribution >= 4 is 15.3 Å². The van der Waals surface area contributed by atoms with Gasteiger partial charge < -0.3 is 0 Å². The summed E-state index contributed by atoms with van der Waals surface area (Å²) in [4.78, 5) is 0. The quantitative estimate of drug-likeness (QED) is 0.362. The maximum absolute atomic E-state index is 10.8. The van der Waals surface area contributed by atoms with E-state index in [-0.39, 0.29) is 5.42 Å². The molecule has 22 valence electrons. The molecule has 0 aromatic heterocycles. The van der Waals surface area contributed by atoms with Crippen molar-refractivity contribution < 1.29 is 4.39 Å². The first-order valence-corrected chi connectivity index (χ1v) is 1.44. The van der Waals surface area contributed by atoms with Crippen molar-refractivity contribution in [2.45, 2.75) is 6.92 Å². The molecule has 0 bridgehead atoms. The van der Waals surface area contributed by atoms with Crippen molar-refractivity contribution in [2.24, 2.45) is 0 Å². The van der Waals surface area contributed by atoms with Crippen LogP contribution in [0.4, 0.5) is 4.39 Å². The molecule has 0 heterocycles. The minimum absolute atomic E-state index is 0.278. The van der Waals surface area contributed by atoms with Crippen LogP contribution >= 0.6 is 0 Å². The van der Waals surface area contributed by atoms with E-state index in [1.165, 1.54) is 6.92 Å². The second-order valence-corrected chi connectivity index (χ2v) is 1.22. The molecule has 0 aliphatic heterocycles. The lowest BCUT2D eigenvalue weighted by Gasteiger charge is -1.59. The van der Waals surface area contributed by atoms with Crippen LogP contribution in [0.15, 0.2) is 0 Å². The molecule has 0 unspecified atom stereocenters. The lowest BCUT2D eigenvalue weighted by molar-refractivity contribution is 0.822. The molecule has 2 radical (unpaired) electrons. The molecule has 2 heteroatoms. The van der Waals surface area contributed by atoms with E-state index in [1.807, 2.05) is 0 Å². The lowest BCUT2D eigenvalue weighted by atomic mass is 10.9. The smallest absolute Gasteiger partial charge is 0.0759 e. The molecule has 0 aromatic rings. The van der Waals surface area contributed by atoms with Gasteiger partial charge in [0.1, 0.15) is 0 Å². The normalized spacial score (nSPS) is 6.50. The van der Waals surface area contributed by atoms with Crippen LogP contribution in [-0.4, -0.2) is 15.3 Å². The van der Waals surface area contributed by atoms with Gasteiger partial charge in [0.05, 0.1) is 15.3 Å². The average molecular weight is 74.1 g/mol. The van der Waals surface area contributed by atoms with Crippen molar-refractivity contribution in [1.82, 2.24) is 0 Å². The predicted molar refractivity (Wildman–Crippen MR) is 17.5 cm³/mol. The fourth-order valence-corrected chi connectivity index (χ4v) is 0. The fourth-order valence-electron chi connectivity index (χ4n) is 0. The van der Waals surface area contributed by atoms with Gasteiger partial charge in [-0.05, 0) is 6.92 Å². The second kappa shape index (κ2) is 1.35. The summed E-state index contributed by atoms with van der Waals surface area (Å²) < 4.78 is 10.8. The molecule has 0 saturated carbocycles. The third-order valence-electron chi connectivity index (χ3n) is 0. The van der Waals surface area contributed by atoms with E-state index < -0.39 is 0 Å². The molecule has 0 N–H and O–H groups in total. The molecular formula is C2H3FSi. The monoisotopic (exact) mass is 74.0 g/mol. The molecule has 4 heavy (non-hydrogen) atoms. The van der Waals surface area contributed by atoms with E-state index in [0.717, 1.165) is 0 Å². The Bertz CT molecular complexity index is 29.0. The summed E-state index contributed by atoms with van der Waals surface area (Å²) in [6.07, 6.45) is 0. The van der Waals surface area contributed by atoms with Crippen LogP contribution in [0.2, 0.25) is 0 Å². The zero-order chi connectivity index (χ0) is 3.58. The molecule has 0 atom stereocenters. The Labute approximate surface area is 27.7 Å². The largest absolute Gasteiger partial charge is 0.218 e. The highest BCUT2D eigenvalue weighted by atomic mass is 28.1. The predicted octanol–water partition coefficient (Wildman–Crippen LogP) is 0.274. The van der Waals surface area contributed by atoms with Gasteiger partial charge in [-0.25, -0.2) is 4.39 Å². The summed E-state index contributed by atoms with van der Waals surface area (Å²) in [5, 5.41) is 0. The van der Waals surface area contributed by atoms with Crippen LogP contribution in [0.25, 0.3) is 0 Å².